The van der Waals surface area contributed by atoms with Crippen molar-refractivity contribution >= 4 is 5.91 Å². The van der Waals surface area contributed by atoms with E-state index in [1.807, 2.05) is 17.0 Å². The molecule has 4 nitrogen and oxygen atoms in total. The van der Waals surface area contributed by atoms with Gasteiger partial charge in [-0.2, -0.15) is 5.10 Å². The summed E-state index contributed by atoms with van der Waals surface area (Å²) in [6.07, 6.45) is 3.19. The van der Waals surface area contributed by atoms with Crippen molar-refractivity contribution in [3.63, 3.8) is 0 Å². The molecule has 0 aliphatic carbocycles. The second-order valence-corrected chi connectivity index (χ2v) is 3.92. The molecule has 0 bridgehead atoms. The largest absolute Gasteiger partial charge is 0.330 e. The van der Waals surface area contributed by atoms with E-state index in [0.717, 1.165) is 0 Å². The van der Waals surface area contributed by atoms with Gasteiger partial charge in [0, 0.05) is 19.3 Å². The Labute approximate surface area is 92.9 Å². The summed E-state index contributed by atoms with van der Waals surface area (Å²) in [5, 5.41) is 6.45. The predicted molar refractivity (Wildman–Crippen MR) is 58.6 cm³/mol. The van der Waals surface area contributed by atoms with Gasteiger partial charge in [0.2, 0.25) is 0 Å². The maximum Gasteiger partial charge on any atom is 0.257 e. The van der Waals surface area contributed by atoms with E-state index in [4.69, 9.17) is 0 Å². The number of H-pyrrole nitrogens is 1. The van der Waals surface area contributed by atoms with Crippen molar-refractivity contribution in [3.05, 3.63) is 53.3 Å². The zero-order chi connectivity index (χ0) is 11.0. The van der Waals surface area contributed by atoms with E-state index >= 15 is 0 Å². The van der Waals surface area contributed by atoms with Gasteiger partial charge in [-0.1, -0.05) is 24.3 Å². The lowest BCUT2D eigenvalue weighted by atomic mass is 10.1. The van der Waals surface area contributed by atoms with Gasteiger partial charge in [0.25, 0.3) is 5.91 Å². The van der Waals surface area contributed by atoms with E-state index in [-0.39, 0.29) is 5.91 Å². The molecule has 4 heteroatoms. The van der Waals surface area contributed by atoms with Crippen molar-refractivity contribution in [3.8, 4) is 0 Å². The Bertz CT molecular complexity index is 494. The molecule has 1 amide bonds. The number of aromatic amines is 1. The van der Waals surface area contributed by atoms with E-state index in [9.17, 15) is 4.79 Å². The number of nitrogens with one attached hydrogen (secondary N) is 1. The highest BCUT2D eigenvalue weighted by atomic mass is 16.2. The number of hydrogen-bond acceptors (Lipinski definition) is 2. The van der Waals surface area contributed by atoms with E-state index in [1.54, 1.807) is 12.4 Å². The quantitative estimate of drug-likeness (QED) is 0.781. The normalized spacial score (nSPS) is 13.9. The molecule has 0 atom stereocenters. The summed E-state index contributed by atoms with van der Waals surface area (Å²) in [7, 11) is 0. The molecule has 1 aromatic carbocycles. The number of carbonyl (C=O) groups is 1. The Morgan fingerprint density at radius 3 is 2.50 bits per heavy atom. The van der Waals surface area contributed by atoms with Crippen molar-refractivity contribution in [2.45, 2.75) is 13.1 Å². The molecule has 1 aliphatic heterocycles. The molecule has 0 fully saturated rings. The van der Waals surface area contributed by atoms with Crippen LogP contribution in [0.5, 0.6) is 0 Å². The van der Waals surface area contributed by atoms with Gasteiger partial charge < -0.3 is 4.90 Å². The first-order chi connectivity index (χ1) is 7.84. The molecular weight excluding hydrogens is 202 g/mol. The van der Waals surface area contributed by atoms with Crippen LogP contribution in [0.1, 0.15) is 21.5 Å². The van der Waals surface area contributed by atoms with Crippen molar-refractivity contribution in [1.82, 2.24) is 15.1 Å². The Balaban J connectivity index is 1.84. The predicted octanol–water partition coefficient (Wildman–Crippen LogP) is 1.57. The maximum atomic E-state index is 12.0. The fourth-order valence-corrected chi connectivity index (χ4v) is 2.03. The van der Waals surface area contributed by atoms with E-state index in [2.05, 4.69) is 22.3 Å². The van der Waals surface area contributed by atoms with Gasteiger partial charge >= 0.3 is 0 Å². The monoisotopic (exact) mass is 213 g/mol. The third-order valence-electron chi connectivity index (χ3n) is 2.87. The molecule has 0 unspecified atom stereocenters. The van der Waals surface area contributed by atoms with Gasteiger partial charge in [-0.15, -0.1) is 0 Å². The number of hydrogen-bond donors (Lipinski definition) is 1. The van der Waals surface area contributed by atoms with Crippen LogP contribution in [-0.4, -0.2) is 21.0 Å². The zero-order valence-electron chi connectivity index (χ0n) is 8.68. The summed E-state index contributed by atoms with van der Waals surface area (Å²) in [6, 6.07) is 8.14. The van der Waals surface area contributed by atoms with Crippen LogP contribution in [0, 0.1) is 0 Å². The fraction of sp³-hybridized carbons (Fsp3) is 0.167. The summed E-state index contributed by atoms with van der Waals surface area (Å²) in [6.45, 7) is 1.39. The van der Waals surface area contributed by atoms with Gasteiger partial charge in [0.1, 0.15) is 0 Å². The smallest absolute Gasteiger partial charge is 0.257 e. The third kappa shape index (κ3) is 1.39. The van der Waals surface area contributed by atoms with Crippen LogP contribution in [0.25, 0.3) is 0 Å². The van der Waals surface area contributed by atoms with Crippen molar-refractivity contribution < 1.29 is 4.79 Å². The Hall–Kier alpha value is -2.10. The molecule has 0 radical (unpaired) electrons. The third-order valence-corrected chi connectivity index (χ3v) is 2.87. The number of aromatic nitrogens is 2. The number of nitrogens with zero attached hydrogens (tertiary/aromatic N) is 2. The maximum absolute atomic E-state index is 12.0. The lowest BCUT2D eigenvalue weighted by Crippen LogP contribution is -2.24. The first-order valence-electron chi connectivity index (χ1n) is 5.19. The zero-order valence-corrected chi connectivity index (χ0v) is 8.68. The summed E-state index contributed by atoms with van der Waals surface area (Å²) < 4.78 is 0. The summed E-state index contributed by atoms with van der Waals surface area (Å²) in [5.74, 6) is 0.0324. The second kappa shape index (κ2) is 3.48. The van der Waals surface area contributed by atoms with Crippen LogP contribution in [0.15, 0.2) is 36.7 Å². The molecular formula is C12H11N3O. The molecule has 3 rings (SSSR count). The van der Waals surface area contributed by atoms with Gasteiger partial charge in [-0.25, -0.2) is 0 Å². The molecule has 80 valence electrons. The van der Waals surface area contributed by atoms with Gasteiger partial charge in [-0.05, 0) is 11.1 Å². The number of benzene rings is 1. The highest BCUT2D eigenvalue weighted by molar-refractivity contribution is 5.94. The van der Waals surface area contributed by atoms with Crippen LogP contribution in [-0.2, 0) is 13.1 Å². The molecule has 2 aromatic rings. The van der Waals surface area contributed by atoms with Gasteiger partial charge in [-0.3, -0.25) is 9.89 Å². The van der Waals surface area contributed by atoms with Crippen LogP contribution in [0.3, 0.4) is 0 Å². The molecule has 2 heterocycles. The Morgan fingerprint density at radius 2 is 1.94 bits per heavy atom. The standard InChI is InChI=1S/C12H11N3O/c16-12(11-5-13-14-6-11)15-7-9-3-1-2-4-10(9)8-15/h1-6H,7-8H2,(H,13,14). The van der Waals surface area contributed by atoms with Gasteiger partial charge in [0.05, 0.1) is 11.8 Å². The Morgan fingerprint density at radius 1 is 1.25 bits per heavy atom. The molecule has 16 heavy (non-hydrogen) atoms. The summed E-state index contributed by atoms with van der Waals surface area (Å²) in [4.78, 5) is 13.9. The Kier molecular flexibility index (Phi) is 1.99. The SMILES string of the molecule is O=C(c1cn[nH]c1)N1Cc2ccccc2C1. The minimum atomic E-state index is 0.0324. The fourth-order valence-electron chi connectivity index (χ4n) is 2.03. The first-order valence-corrected chi connectivity index (χ1v) is 5.19. The van der Waals surface area contributed by atoms with Crippen molar-refractivity contribution in [1.29, 1.82) is 0 Å². The van der Waals surface area contributed by atoms with Crippen LogP contribution in [0.2, 0.25) is 0 Å². The molecule has 0 spiro atoms. The van der Waals surface area contributed by atoms with Crippen molar-refractivity contribution in [2.24, 2.45) is 0 Å². The average molecular weight is 213 g/mol. The molecule has 1 aliphatic rings. The lowest BCUT2D eigenvalue weighted by Gasteiger charge is -2.13. The summed E-state index contributed by atoms with van der Waals surface area (Å²) in [5.41, 5.74) is 3.09. The van der Waals surface area contributed by atoms with Gasteiger partial charge in [0.15, 0.2) is 0 Å². The molecule has 1 aromatic heterocycles. The van der Waals surface area contributed by atoms with E-state index < -0.39 is 0 Å². The second-order valence-electron chi connectivity index (χ2n) is 3.92. The van der Waals surface area contributed by atoms with Crippen LogP contribution in [0.4, 0.5) is 0 Å². The van der Waals surface area contributed by atoms with E-state index in [0.29, 0.717) is 18.7 Å². The summed E-state index contributed by atoms with van der Waals surface area (Å²) >= 11 is 0. The van der Waals surface area contributed by atoms with Crippen molar-refractivity contribution in [2.75, 3.05) is 0 Å². The lowest BCUT2D eigenvalue weighted by molar-refractivity contribution is 0.0751. The molecule has 1 N–H and O–H groups in total. The number of rotatable bonds is 1. The molecule has 0 saturated heterocycles. The molecule has 0 saturated carbocycles. The van der Waals surface area contributed by atoms with Crippen LogP contribution < -0.4 is 0 Å². The minimum absolute atomic E-state index is 0.0324. The minimum Gasteiger partial charge on any atom is -0.330 e. The number of fused-ring (bicyclic) bond motifs is 1. The number of carbonyl (C=O) groups excluding carboxylic acids is 1. The first kappa shape index (κ1) is 9.15. The highest BCUT2D eigenvalue weighted by Crippen LogP contribution is 2.23. The van der Waals surface area contributed by atoms with E-state index in [1.165, 1.54) is 11.1 Å². The van der Waals surface area contributed by atoms with Crippen LogP contribution >= 0.6 is 0 Å². The average Bonchev–Trinajstić information content (AvgIpc) is 2.97. The number of amides is 1. The highest BCUT2D eigenvalue weighted by Gasteiger charge is 2.23. The topological polar surface area (TPSA) is 49.0 Å².